The number of hydrogen-bond donors (Lipinski definition) is 1. The summed E-state index contributed by atoms with van der Waals surface area (Å²) in [6.45, 7) is 2.77. The average Bonchev–Trinajstić information content (AvgIpc) is 2.75. The fourth-order valence-electron chi connectivity index (χ4n) is 1.50. The van der Waals surface area contributed by atoms with Gasteiger partial charge in [0.2, 0.25) is 0 Å². The first-order valence-electron chi connectivity index (χ1n) is 5.31. The molecule has 0 aliphatic carbocycles. The highest BCUT2D eigenvalue weighted by atomic mass is 32.1. The van der Waals surface area contributed by atoms with Gasteiger partial charge in [-0.15, -0.1) is 11.3 Å². The molecule has 2 rings (SSSR count). The van der Waals surface area contributed by atoms with Gasteiger partial charge in [-0.1, -0.05) is 0 Å². The summed E-state index contributed by atoms with van der Waals surface area (Å²) in [5.74, 6) is 1.70. The van der Waals surface area contributed by atoms with Crippen LogP contribution in [0.25, 0.3) is 0 Å². The third-order valence-electron chi connectivity index (χ3n) is 2.37. The van der Waals surface area contributed by atoms with Crippen LogP contribution in [0.2, 0.25) is 0 Å². The van der Waals surface area contributed by atoms with Gasteiger partial charge in [-0.05, 0) is 6.92 Å². The van der Waals surface area contributed by atoms with Gasteiger partial charge in [0.1, 0.15) is 18.0 Å². The summed E-state index contributed by atoms with van der Waals surface area (Å²) < 4.78 is 0. The van der Waals surface area contributed by atoms with Crippen LogP contribution in [0.1, 0.15) is 10.7 Å². The summed E-state index contributed by atoms with van der Waals surface area (Å²) in [7, 11) is 3.84. The van der Waals surface area contributed by atoms with Crippen LogP contribution in [-0.2, 0) is 6.54 Å². The average molecular weight is 249 g/mol. The van der Waals surface area contributed by atoms with Crippen molar-refractivity contribution < 1.29 is 0 Å². The molecule has 0 aliphatic heterocycles. The molecule has 0 saturated heterocycles. The first-order valence-corrected chi connectivity index (χ1v) is 6.19. The van der Waals surface area contributed by atoms with Crippen LogP contribution in [0, 0.1) is 6.92 Å². The third-order valence-corrected chi connectivity index (χ3v) is 3.19. The zero-order valence-electron chi connectivity index (χ0n) is 10.1. The first kappa shape index (κ1) is 11.8. The third kappa shape index (κ3) is 2.91. The van der Waals surface area contributed by atoms with Gasteiger partial charge in [-0.3, -0.25) is 0 Å². The molecule has 0 unspecified atom stereocenters. The summed E-state index contributed by atoms with van der Waals surface area (Å²) in [6, 6.07) is 1.92. The van der Waals surface area contributed by atoms with E-state index in [-0.39, 0.29) is 0 Å². The Morgan fingerprint density at radius 2 is 2.24 bits per heavy atom. The Morgan fingerprint density at radius 3 is 2.88 bits per heavy atom. The predicted octanol–water partition coefficient (Wildman–Crippen LogP) is 1.92. The maximum atomic E-state index is 4.44. The van der Waals surface area contributed by atoms with Gasteiger partial charge < -0.3 is 10.2 Å². The number of thiazole rings is 1. The van der Waals surface area contributed by atoms with Gasteiger partial charge in [0, 0.05) is 25.5 Å². The van der Waals surface area contributed by atoms with Crippen LogP contribution >= 0.6 is 11.3 Å². The summed E-state index contributed by atoms with van der Waals surface area (Å²) in [5, 5.41) is 6.16. The van der Waals surface area contributed by atoms with Crippen molar-refractivity contribution in [3.63, 3.8) is 0 Å². The molecule has 90 valence electrons. The quantitative estimate of drug-likeness (QED) is 0.897. The van der Waals surface area contributed by atoms with Crippen molar-refractivity contribution in [2.75, 3.05) is 24.3 Å². The molecule has 0 aromatic carbocycles. The highest BCUT2D eigenvalue weighted by Crippen LogP contribution is 2.16. The van der Waals surface area contributed by atoms with Gasteiger partial charge in [0.15, 0.2) is 0 Å². The zero-order valence-corrected chi connectivity index (χ0v) is 11.0. The Hall–Kier alpha value is -1.69. The van der Waals surface area contributed by atoms with Crippen molar-refractivity contribution >= 4 is 23.0 Å². The van der Waals surface area contributed by atoms with Crippen LogP contribution in [0.4, 0.5) is 11.6 Å². The van der Waals surface area contributed by atoms with E-state index in [9.17, 15) is 0 Å². The van der Waals surface area contributed by atoms with Crippen LogP contribution in [0.5, 0.6) is 0 Å². The van der Waals surface area contributed by atoms with Crippen LogP contribution < -0.4 is 10.2 Å². The van der Waals surface area contributed by atoms with E-state index in [1.807, 2.05) is 27.1 Å². The number of rotatable bonds is 4. The molecule has 0 spiro atoms. The number of aromatic nitrogens is 3. The summed E-state index contributed by atoms with van der Waals surface area (Å²) in [4.78, 5) is 14.8. The number of nitrogens with zero attached hydrogens (tertiary/aromatic N) is 4. The lowest BCUT2D eigenvalue weighted by molar-refractivity contribution is 0.865. The van der Waals surface area contributed by atoms with Crippen molar-refractivity contribution in [2.24, 2.45) is 0 Å². The van der Waals surface area contributed by atoms with E-state index in [0.717, 1.165) is 28.9 Å². The van der Waals surface area contributed by atoms with Crippen molar-refractivity contribution in [3.05, 3.63) is 28.5 Å². The van der Waals surface area contributed by atoms with Crippen molar-refractivity contribution in [1.29, 1.82) is 0 Å². The molecule has 5 nitrogen and oxygen atoms in total. The minimum atomic E-state index is 0.754. The van der Waals surface area contributed by atoms with Crippen molar-refractivity contribution in [1.82, 2.24) is 15.0 Å². The molecule has 1 N–H and O–H groups in total. The number of aryl methyl sites for hydroxylation is 1. The van der Waals surface area contributed by atoms with Crippen LogP contribution in [-0.4, -0.2) is 29.0 Å². The topological polar surface area (TPSA) is 53.9 Å². The lowest BCUT2D eigenvalue weighted by Gasteiger charge is -2.16. The SMILES string of the molecule is CNc1cc(N(C)Cc2csc(C)n2)ncn1. The highest BCUT2D eigenvalue weighted by Gasteiger charge is 2.06. The second-order valence-corrected chi connectivity index (χ2v) is 4.79. The zero-order chi connectivity index (χ0) is 12.3. The number of anilines is 2. The minimum absolute atomic E-state index is 0.754. The van der Waals surface area contributed by atoms with Crippen LogP contribution in [0.15, 0.2) is 17.8 Å². The van der Waals surface area contributed by atoms with E-state index in [1.165, 1.54) is 0 Å². The molecule has 0 saturated carbocycles. The lowest BCUT2D eigenvalue weighted by atomic mass is 10.4. The molecule has 2 heterocycles. The fourth-order valence-corrected chi connectivity index (χ4v) is 2.10. The molecule has 17 heavy (non-hydrogen) atoms. The molecule has 0 aliphatic rings. The lowest BCUT2D eigenvalue weighted by Crippen LogP contribution is -2.18. The van der Waals surface area contributed by atoms with E-state index in [1.54, 1.807) is 17.7 Å². The van der Waals surface area contributed by atoms with Crippen molar-refractivity contribution in [3.8, 4) is 0 Å². The van der Waals surface area contributed by atoms with Gasteiger partial charge >= 0.3 is 0 Å². The summed E-state index contributed by atoms with van der Waals surface area (Å²) >= 11 is 1.67. The summed E-state index contributed by atoms with van der Waals surface area (Å²) in [5.41, 5.74) is 1.07. The molecule has 0 bridgehead atoms. The highest BCUT2D eigenvalue weighted by molar-refractivity contribution is 7.09. The van der Waals surface area contributed by atoms with Gasteiger partial charge in [-0.2, -0.15) is 0 Å². The van der Waals surface area contributed by atoms with E-state index in [2.05, 4.69) is 30.5 Å². The van der Waals surface area contributed by atoms with Gasteiger partial charge in [0.25, 0.3) is 0 Å². The standard InChI is InChI=1S/C11H15N5S/c1-8-15-9(6-17-8)5-16(3)11-4-10(12-2)13-7-14-11/h4,6-7H,5H2,1-3H3,(H,12,13,14). The van der Waals surface area contributed by atoms with Crippen LogP contribution in [0.3, 0.4) is 0 Å². The molecule has 0 fully saturated rings. The second-order valence-electron chi connectivity index (χ2n) is 3.73. The van der Waals surface area contributed by atoms with E-state index in [4.69, 9.17) is 0 Å². The maximum Gasteiger partial charge on any atom is 0.134 e. The fraction of sp³-hybridized carbons (Fsp3) is 0.364. The number of nitrogens with one attached hydrogen (secondary N) is 1. The minimum Gasteiger partial charge on any atom is -0.373 e. The monoisotopic (exact) mass is 249 g/mol. The molecule has 0 atom stereocenters. The smallest absolute Gasteiger partial charge is 0.134 e. The molecule has 0 amide bonds. The largest absolute Gasteiger partial charge is 0.373 e. The second kappa shape index (κ2) is 5.09. The Labute approximate surface area is 105 Å². The van der Waals surface area contributed by atoms with Gasteiger partial charge in [-0.25, -0.2) is 15.0 Å². The normalized spacial score (nSPS) is 10.3. The molecule has 0 radical (unpaired) electrons. The van der Waals surface area contributed by atoms with E-state index in [0.29, 0.717) is 0 Å². The number of hydrogen-bond acceptors (Lipinski definition) is 6. The molecule has 2 aromatic rings. The first-order chi connectivity index (χ1) is 8.19. The summed E-state index contributed by atoms with van der Waals surface area (Å²) in [6.07, 6.45) is 1.56. The van der Waals surface area contributed by atoms with Gasteiger partial charge in [0.05, 0.1) is 17.2 Å². The Kier molecular flexibility index (Phi) is 3.53. The van der Waals surface area contributed by atoms with E-state index < -0.39 is 0 Å². The van der Waals surface area contributed by atoms with Crippen molar-refractivity contribution in [2.45, 2.75) is 13.5 Å². The Morgan fingerprint density at radius 1 is 1.41 bits per heavy atom. The molecule has 6 heteroatoms. The van der Waals surface area contributed by atoms with E-state index >= 15 is 0 Å². The predicted molar refractivity (Wildman–Crippen MR) is 70.5 cm³/mol. The Bertz CT molecular complexity index is 496. The molecular weight excluding hydrogens is 234 g/mol. The maximum absolute atomic E-state index is 4.44. The molecular formula is C11H15N5S. The Balaban J connectivity index is 2.11. The molecule has 2 aromatic heterocycles.